The zero-order valence-corrected chi connectivity index (χ0v) is 25.5. The number of amides is 1. The van der Waals surface area contributed by atoms with Crippen LogP contribution in [0.25, 0.3) is 21.0 Å². The van der Waals surface area contributed by atoms with Crippen molar-refractivity contribution in [1.82, 2.24) is 15.0 Å². The summed E-state index contributed by atoms with van der Waals surface area (Å²) in [5.41, 5.74) is 2.33. The second-order valence-electron chi connectivity index (χ2n) is 9.62. The maximum absolute atomic E-state index is 13.6. The number of carbonyl (C=O) groups excluding carboxylic acids is 2. The molecule has 214 valence electrons. The van der Waals surface area contributed by atoms with E-state index in [1.54, 1.807) is 32.2 Å². The quantitative estimate of drug-likeness (QED) is 0.193. The highest BCUT2D eigenvalue weighted by atomic mass is 32.2. The number of sulfonamides is 1. The summed E-state index contributed by atoms with van der Waals surface area (Å²) in [5.74, 6) is -1.42. The molecule has 13 heteroatoms. The molecule has 4 N–H and O–H groups in total. The van der Waals surface area contributed by atoms with Crippen LogP contribution in [0.5, 0.6) is 0 Å². The van der Waals surface area contributed by atoms with Crippen molar-refractivity contribution < 1.29 is 22.7 Å². The van der Waals surface area contributed by atoms with Gasteiger partial charge in [0, 0.05) is 41.7 Å². The number of ether oxygens (including phenoxy) is 1. The van der Waals surface area contributed by atoms with E-state index in [9.17, 15) is 18.0 Å². The first-order chi connectivity index (χ1) is 18.8. The lowest BCUT2D eigenvalue weighted by atomic mass is 10.1. The summed E-state index contributed by atoms with van der Waals surface area (Å²) in [6.45, 7) is 8.75. The van der Waals surface area contributed by atoms with Gasteiger partial charge in [-0.3, -0.25) is 9.59 Å². The number of rotatable bonds is 10. The van der Waals surface area contributed by atoms with E-state index in [0.29, 0.717) is 26.2 Å². The van der Waals surface area contributed by atoms with Gasteiger partial charge in [-0.15, -0.1) is 11.3 Å². The zero-order valence-electron chi connectivity index (χ0n) is 23.1. The van der Waals surface area contributed by atoms with E-state index in [0.717, 1.165) is 11.3 Å². The largest absolute Gasteiger partial charge is 0.468 e. The number of carbonyl (C=O) groups is 2. The number of esters is 1. The van der Waals surface area contributed by atoms with Crippen molar-refractivity contribution in [2.75, 3.05) is 17.7 Å². The highest BCUT2D eigenvalue weighted by molar-refractivity contribution is 7.89. The number of aromatic nitrogens is 1. The smallest absolute Gasteiger partial charge is 0.324 e. The Kier molecular flexibility index (Phi) is 10.4. The summed E-state index contributed by atoms with van der Waals surface area (Å²) in [7, 11) is -3.03. The van der Waals surface area contributed by atoms with Crippen molar-refractivity contribution in [3.05, 3.63) is 48.7 Å². The summed E-state index contributed by atoms with van der Waals surface area (Å²) in [4.78, 5) is 29.0. The number of hydrogen-bond donors (Lipinski definition) is 4. The number of benzene rings is 2. The van der Waals surface area contributed by atoms with Gasteiger partial charge in [-0.2, -0.15) is 4.72 Å². The van der Waals surface area contributed by atoms with Crippen LogP contribution in [0, 0.1) is 5.92 Å². The Morgan fingerprint density at radius 1 is 1.00 bits per heavy atom. The van der Waals surface area contributed by atoms with Gasteiger partial charge in [0.15, 0.2) is 5.11 Å². The van der Waals surface area contributed by atoms with Crippen molar-refractivity contribution >= 4 is 61.9 Å². The van der Waals surface area contributed by atoms with Gasteiger partial charge in [0.05, 0.1) is 16.9 Å². The highest BCUT2D eigenvalue weighted by Gasteiger charge is 2.31. The molecular weight excluding hydrogens is 571 g/mol. The molecule has 0 saturated heterocycles. The molecule has 0 aliphatic heterocycles. The van der Waals surface area contributed by atoms with Gasteiger partial charge >= 0.3 is 5.97 Å². The van der Waals surface area contributed by atoms with Crippen molar-refractivity contribution in [3.8, 4) is 21.0 Å². The van der Waals surface area contributed by atoms with E-state index in [1.165, 1.54) is 31.4 Å². The van der Waals surface area contributed by atoms with Crippen LogP contribution in [-0.2, 0) is 24.3 Å². The van der Waals surface area contributed by atoms with E-state index in [-0.39, 0.29) is 22.8 Å². The summed E-state index contributed by atoms with van der Waals surface area (Å²) >= 11 is 6.61. The predicted molar refractivity (Wildman–Crippen MR) is 163 cm³/mol. The number of thiocarbonyl (C=S) groups is 1. The van der Waals surface area contributed by atoms with Gasteiger partial charge in [-0.05, 0) is 68.4 Å². The molecule has 0 radical (unpaired) electrons. The van der Waals surface area contributed by atoms with Crippen LogP contribution in [0.2, 0.25) is 0 Å². The van der Waals surface area contributed by atoms with Crippen molar-refractivity contribution in [3.63, 3.8) is 0 Å². The summed E-state index contributed by atoms with van der Waals surface area (Å²) in [5, 5.41) is 10.1. The first-order valence-corrected chi connectivity index (χ1v) is 15.2. The first-order valence-electron chi connectivity index (χ1n) is 12.5. The van der Waals surface area contributed by atoms with Gasteiger partial charge in [-0.1, -0.05) is 19.9 Å². The Labute approximate surface area is 244 Å². The molecule has 3 aromatic rings. The Bertz CT molecular complexity index is 1480. The van der Waals surface area contributed by atoms with Crippen molar-refractivity contribution in [2.24, 2.45) is 5.92 Å². The molecule has 0 aliphatic carbocycles. The fourth-order valence-corrected chi connectivity index (χ4v) is 6.66. The molecule has 0 spiro atoms. The summed E-state index contributed by atoms with van der Waals surface area (Å²) < 4.78 is 34.5. The molecule has 0 aliphatic rings. The van der Waals surface area contributed by atoms with E-state index >= 15 is 0 Å². The zero-order chi connectivity index (χ0) is 29.6. The Morgan fingerprint density at radius 3 is 2.23 bits per heavy atom. The Balaban J connectivity index is 1.97. The maximum atomic E-state index is 13.6. The molecule has 0 fully saturated rings. The van der Waals surface area contributed by atoms with Gasteiger partial charge in [0.1, 0.15) is 11.0 Å². The van der Waals surface area contributed by atoms with Crippen molar-refractivity contribution in [2.45, 2.75) is 51.6 Å². The van der Waals surface area contributed by atoms with Gasteiger partial charge in [-0.25, -0.2) is 13.4 Å². The Hall–Kier alpha value is -3.39. The lowest BCUT2D eigenvalue weighted by Crippen LogP contribution is -2.45. The third-order valence-corrected chi connectivity index (χ3v) is 8.36. The topological polar surface area (TPSA) is 139 Å². The molecule has 1 unspecified atom stereocenters. The third-order valence-electron chi connectivity index (χ3n) is 5.58. The molecule has 1 amide bonds. The Morgan fingerprint density at radius 2 is 1.65 bits per heavy atom. The lowest BCUT2D eigenvalue weighted by molar-refractivity contribution is -0.143. The minimum Gasteiger partial charge on any atom is -0.468 e. The third kappa shape index (κ3) is 8.07. The van der Waals surface area contributed by atoms with Gasteiger partial charge in [0.2, 0.25) is 15.9 Å². The molecule has 3 rings (SSSR count). The van der Waals surface area contributed by atoms with Crippen LogP contribution in [-0.4, -0.2) is 49.6 Å². The number of nitrogens with one attached hydrogen (secondary N) is 4. The minimum atomic E-state index is -4.23. The predicted octanol–water partition coefficient (Wildman–Crippen LogP) is 4.61. The number of hydrogen-bond acceptors (Lipinski definition) is 8. The van der Waals surface area contributed by atoms with Gasteiger partial charge < -0.3 is 20.7 Å². The first kappa shape index (κ1) is 31.1. The number of thiazole rings is 1. The fourth-order valence-electron chi connectivity index (χ4n) is 3.70. The van der Waals surface area contributed by atoms with E-state index in [4.69, 9.17) is 17.0 Å². The molecule has 2 aromatic carbocycles. The minimum absolute atomic E-state index is 0.103. The second-order valence-corrected chi connectivity index (χ2v) is 12.7. The standard InChI is InChI=1S/C27H33N5O5S3/c1-15(2)24(26(34)37-6)32-40(35,36)23-13-20(30-17(5)33)11-12-21(23)22-14-28-25(39-22)18-7-9-19(10-8-18)31-27(38)29-16(3)4/h7-16,24,32H,1-6H3,(H,30,33)(H2,29,31,38). The molecule has 40 heavy (non-hydrogen) atoms. The van der Waals surface area contributed by atoms with E-state index in [2.05, 4.69) is 25.7 Å². The fraction of sp³-hybridized carbons (Fsp3) is 0.333. The SMILES string of the molecule is COC(=O)C(NS(=O)(=O)c1cc(NC(C)=O)ccc1-c1cnc(-c2ccc(NC(=S)NC(C)C)cc2)s1)C(C)C. The molecule has 0 saturated carbocycles. The van der Waals surface area contributed by atoms with Crippen LogP contribution < -0.4 is 20.7 Å². The van der Waals surface area contributed by atoms with Crippen LogP contribution in [0.3, 0.4) is 0 Å². The maximum Gasteiger partial charge on any atom is 0.324 e. The van der Waals surface area contributed by atoms with Crippen LogP contribution in [0.15, 0.2) is 53.6 Å². The average molecular weight is 604 g/mol. The molecule has 1 aromatic heterocycles. The molecule has 0 bridgehead atoms. The number of methoxy groups -OCH3 is 1. The highest BCUT2D eigenvalue weighted by Crippen LogP contribution is 2.37. The molecule has 10 nitrogen and oxygen atoms in total. The molecule has 1 heterocycles. The van der Waals surface area contributed by atoms with Gasteiger partial charge in [0.25, 0.3) is 0 Å². The molecular formula is C27H33N5O5S3. The number of nitrogens with zero attached hydrogens (tertiary/aromatic N) is 1. The van der Waals surface area contributed by atoms with E-state index in [1.807, 2.05) is 38.1 Å². The average Bonchev–Trinajstić information content (AvgIpc) is 3.36. The van der Waals surface area contributed by atoms with Crippen LogP contribution in [0.4, 0.5) is 11.4 Å². The molecule has 1 atom stereocenters. The van der Waals surface area contributed by atoms with E-state index < -0.39 is 22.0 Å². The monoisotopic (exact) mass is 603 g/mol. The summed E-state index contributed by atoms with van der Waals surface area (Å²) in [6, 6.07) is 11.2. The second kappa shape index (κ2) is 13.3. The normalized spacial score (nSPS) is 12.2. The number of anilines is 2. The van der Waals surface area contributed by atoms with Crippen LogP contribution in [0.1, 0.15) is 34.6 Å². The summed E-state index contributed by atoms with van der Waals surface area (Å²) in [6.07, 6.45) is 1.60. The lowest BCUT2D eigenvalue weighted by Gasteiger charge is -2.21. The van der Waals surface area contributed by atoms with Crippen molar-refractivity contribution in [1.29, 1.82) is 0 Å². The van der Waals surface area contributed by atoms with Crippen LogP contribution >= 0.6 is 23.6 Å².